The number of primary amides is 1. The molecule has 28 heavy (non-hydrogen) atoms. The number of carbonyl (C=O) groups is 1. The highest BCUT2D eigenvalue weighted by Gasteiger charge is 2.66. The van der Waals surface area contributed by atoms with Gasteiger partial charge in [0.2, 0.25) is 0 Å². The number of carbonyl (C=O) groups excluding carboxylic acids is 1. The fourth-order valence-electron chi connectivity index (χ4n) is 4.37. The summed E-state index contributed by atoms with van der Waals surface area (Å²) in [6.07, 6.45) is -2.42. The minimum Gasteiger partial charge on any atom is -0.364 e. The number of fused-ring (bicyclic) bond motifs is 1. The second kappa shape index (κ2) is 6.04. The molecule has 2 aromatic rings. The third kappa shape index (κ3) is 2.71. The highest BCUT2D eigenvalue weighted by atomic mass is 19.4. The van der Waals surface area contributed by atoms with Crippen molar-refractivity contribution in [3.63, 3.8) is 0 Å². The Hall–Kier alpha value is -2.42. The topological polar surface area (TPSA) is 98.1 Å². The Morgan fingerprint density at radius 1 is 1.39 bits per heavy atom. The molecule has 0 spiro atoms. The van der Waals surface area contributed by atoms with E-state index < -0.39 is 35.1 Å². The number of amides is 1. The Morgan fingerprint density at radius 2 is 2.07 bits per heavy atom. The molecule has 0 unspecified atom stereocenters. The van der Waals surface area contributed by atoms with Crippen LogP contribution in [0.15, 0.2) is 23.1 Å². The summed E-state index contributed by atoms with van der Waals surface area (Å²) in [7, 11) is 0. The molecule has 6 nitrogen and oxygen atoms in total. The minimum absolute atomic E-state index is 0.0198. The molecular formula is C19H20F3N3O3. The van der Waals surface area contributed by atoms with E-state index in [-0.39, 0.29) is 34.1 Å². The number of H-pyrrole nitrogens is 1. The van der Waals surface area contributed by atoms with Crippen LogP contribution in [0.1, 0.15) is 49.0 Å². The number of ether oxygens (including phenoxy) is 1. The van der Waals surface area contributed by atoms with Crippen molar-refractivity contribution in [2.75, 3.05) is 0 Å². The summed E-state index contributed by atoms with van der Waals surface area (Å²) in [5.41, 5.74) is 2.84. The van der Waals surface area contributed by atoms with E-state index in [1.807, 2.05) is 0 Å². The molecule has 0 aromatic carbocycles. The molecule has 2 aliphatic rings. The summed E-state index contributed by atoms with van der Waals surface area (Å²) < 4.78 is 46.9. The molecule has 150 valence electrons. The highest BCUT2D eigenvalue weighted by molar-refractivity contribution is 6.03. The molecule has 9 heteroatoms. The Balaban J connectivity index is 1.85. The third-order valence-corrected chi connectivity index (χ3v) is 6.20. The first-order chi connectivity index (χ1) is 13.0. The Morgan fingerprint density at radius 3 is 2.64 bits per heavy atom. The van der Waals surface area contributed by atoms with Crippen LogP contribution in [0.5, 0.6) is 0 Å². The standard InChI is InChI=1S/C19H20F3N3O3/c1-8-13(9-3-4-9)16(28-18(8,2)19(20,21)22)11-7-12(26)14-10(25-11)5-6-24-15(14)17(23)27/h5-9,13,16H,3-4H2,1-2H3,(H2,23,27)(H,25,26)/t8-,13+,16+,18-/m1/s1. The van der Waals surface area contributed by atoms with Gasteiger partial charge in [0.05, 0.1) is 10.9 Å². The number of aromatic nitrogens is 2. The maximum Gasteiger partial charge on any atom is 0.417 e. The zero-order valence-electron chi connectivity index (χ0n) is 15.3. The van der Waals surface area contributed by atoms with Crippen molar-refractivity contribution < 1.29 is 22.7 Å². The molecule has 0 bridgehead atoms. The van der Waals surface area contributed by atoms with E-state index in [1.165, 1.54) is 18.3 Å². The van der Waals surface area contributed by atoms with Crippen molar-refractivity contribution in [2.24, 2.45) is 23.5 Å². The van der Waals surface area contributed by atoms with Crippen molar-refractivity contribution >= 4 is 16.8 Å². The number of pyridine rings is 2. The van der Waals surface area contributed by atoms with Gasteiger partial charge in [0, 0.05) is 18.0 Å². The monoisotopic (exact) mass is 395 g/mol. The number of aromatic amines is 1. The van der Waals surface area contributed by atoms with E-state index in [0.717, 1.165) is 19.8 Å². The zero-order valence-corrected chi connectivity index (χ0v) is 15.3. The van der Waals surface area contributed by atoms with Gasteiger partial charge in [0.15, 0.2) is 11.0 Å². The molecule has 2 aromatic heterocycles. The lowest BCUT2D eigenvalue weighted by Gasteiger charge is -2.31. The Kier molecular flexibility index (Phi) is 4.08. The lowest BCUT2D eigenvalue weighted by atomic mass is 9.78. The van der Waals surface area contributed by atoms with E-state index in [2.05, 4.69) is 9.97 Å². The van der Waals surface area contributed by atoms with Gasteiger partial charge in [-0.1, -0.05) is 6.92 Å². The van der Waals surface area contributed by atoms with Crippen molar-refractivity contribution in [2.45, 2.75) is 44.6 Å². The van der Waals surface area contributed by atoms with Crippen LogP contribution < -0.4 is 11.2 Å². The Labute approximate surface area is 158 Å². The third-order valence-electron chi connectivity index (χ3n) is 6.20. The normalized spacial score (nSPS) is 30.7. The van der Waals surface area contributed by atoms with Gasteiger partial charge in [0.1, 0.15) is 11.8 Å². The van der Waals surface area contributed by atoms with Crippen LogP contribution in [0.4, 0.5) is 13.2 Å². The molecule has 1 amide bonds. The van der Waals surface area contributed by atoms with E-state index in [4.69, 9.17) is 10.5 Å². The molecule has 1 aliphatic carbocycles. The van der Waals surface area contributed by atoms with E-state index in [0.29, 0.717) is 0 Å². The summed E-state index contributed by atoms with van der Waals surface area (Å²) in [5.74, 6) is -1.85. The van der Waals surface area contributed by atoms with Crippen LogP contribution in [0.3, 0.4) is 0 Å². The summed E-state index contributed by atoms with van der Waals surface area (Å²) >= 11 is 0. The van der Waals surface area contributed by atoms with Crippen molar-refractivity contribution in [3.8, 4) is 0 Å². The molecule has 1 aliphatic heterocycles. The van der Waals surface area contributed by atoms with Crippen LogP contribution >= 0.6 is 0 Å². The number of alkyl halides is 3. The maximum atomic E-state index is 13.8. The first-order valence-electron chi connectivity index (χ1n) is 9.11. The number of nitrogens with one attached hydrogen (secondary N) is 1. The largest absolute Gasteiger partial charge is 0.417 e. The van der Waals surface area contributed by atoms with Crippen LogP contribution in [-0.4, -0.2) is 27.7 Å². The van der Waals surface area contributed by atoms with Crippen LogP contribution in [0.2, 0.25) is 0 Å². The predicted molar refractivity (Wildman–Crippen MR) is 94.5 cm³/mol. The van der Waals surface area contributed by atoms with Gasteiger partial charge in [-0.15, -0.1) is 0 Å². The van der Waals surface area contributed by atoms with E-state index in [1.54, 1.807) is 6.92 Å². The smallest absolute Gasteiger partial charge is 0.364 e. The lowest BCUT2D eigenvalue weighted by molar-refractivity contribution is -0.275. The molecule has 0 radical (unpaired) electrons. The van der Waals surface area contributed by atoms with Gasteiger partial charge in [-0.05, 0) is 43.6 Å². The van der Waals surface area contributed by atoms with Crippen LogP contribution in [0, 0.1) is 17.8 Å². The van der Waals surface area contributed by atoms with E-state index in [9.17, 15) is 22.8 Å². The minimum atomic E-state index is -4.53. The van der Waals surface area contributed by atoms with E-state index >= 15 is 0 Å². The number of hydrogen-bond acceptors (Lipinski definition) is 4. The molecule has 3 N–H and O–H groups in total. The van der Waals surface area contributed by atoms with Crippen molar-refractivity contribution in [3.05, 3.63) is 39.9 Å². The fraction of sp³-hybridized carbons (Fsp3) is 0.526. The second-order valence-electron chi connectivity index (χ2n) is 7.88. The van der Waals surface area contributed by atoms with Gasteiger partial charge in [0.25, 0.3) is 5.91 Å². The first kappa shape index (κ1) is 18.9. The number of hydrogen-bond donors (Lipinski definition) is 2. The van der Waals surface area contributed by atoms with Crippen molar-refractivity contribution in [1.29, 1.82) is 0 Å². The predicted octanol–water partition coefficient (Wildman–Crippen LogP) is 3.08. The summed E-state index contributed by atoms with van der Waals surface area (Å²) in [4.78, 5) is 31.0. The first-order valence-corrected chi connectivity index (χ1v) is 9.11. The van der Waals surface area contributed by atoms with Gasteiger partial charge < -0.3 is 15.5 Å². The van der Waals surface area contributed by atoms with Crippen LogP contribution in [0.25, 0.3) is 10.9 Å². The molecule has 1 saturated heterocycles. The number of halogens is 3. The molecule has 4 atom stereocenters. The fourth-order valence-corrected chi connectivity index (χ4v) is 4.37. The SMILES string of the molecule is C[C@@H]1[C@@H](C2CC2)[C@H](c2cc(=O)c3c(C(N)=O)nccc3[nH]2)O[C@@]1(C)C(F)(F)F. The molecule has 3 heterocycles. The van der Waals surface area contributed by atoms with Gasteiger partial charge >= 0.3 is 6.18 Å². The summed E-state index contributed by atoms with van der Waals surface area (Å²) in [5, 5.41) is 0.0198. The van der Waals surface area contributed by atoms with Crippen LogP contribution in [-0.2, 0) is 4.74 Å². The number of rotatable bonds is 3. The molecular weight excluding hydrogens is 375 g/mol. The number of nitrogens with two attached hydrogens (primary N) is 1. The zero-order chi connectivity index (χ0) is 20.4. The molecule has 2 fully saturated rings. The second-order valence-corrected chi connectivity index (χ2v) is 7.88. The van der Waals surface area contributed by atoms with Crippen molar-refractivity contribution in [1.82, 2.24) is 9.97 Å². The lowest BCUT2D eigenvalue weighted by Crippen LogP contribution is -2.47. The Bertz CT molecular complexity index is 1010. The van der Waals surface area contributed by atoms with Gasteiger partial charge in [-0.2, -0.15) is 13.2 Å². The maximum absolute atomic E-state index is 13.8. The van der Waals surface area contributed by atoms with Gasteiger partial charge in [-0.25, -0.2) is 0 Å². The summed E-state index contributed by atoms with van der Waals surface area (Å²) in [6, 6.07) is 2.69. The quantitative estimate of drug-likeness (QED) is 0.834. The van der Waals surface area contributed by atoms with Gasteiger partial charge in [-0.3, -0.25) is 14.6 Å². The average Bonchev–Trinajstić information content (AvgIpc) is 3.39. The highest BCUT2D eigenvalue weighted by Crippen LogP contribution is 2.60. The number of nitrogens with zero attached hydrogens (tertiary/aromatic N) is 1. The average molecular weight is 395 g/mol. The molecule has 4 rings (SSSR count). The summed E-state index contributed by atoms with van der Waals surface area (Å²) in [6.45, 7) is 2.63. The molecule has 1 saturated carbocycles.